The van der Waals surface area contributed by atoms with Crippen LogP contribution in [0.15, 0.2) is 18.3 Å². The van der Waals surface area contributed by atoms with E-state index in [1.165, 1.54) is 31.4 Å². The number of hydrogen-bond acceptors (Lipinski definition) is 6. The number of aromatic nitrogens is 1. The van der Waals surface area contributed by atoms with Crippen molar-refractivity contribution in [3.8, 4) is 0 Å². The van der Waals surface area contributed by atoms with Crippen LogP contribution in [-0.2, 0) is 14.3 Å². The molecule has 0 fully saturated rings. The molecule has 7 nitrogen and oxygen atoms in total. The standard InChI is InChI=1S/C17H18ClN3O4S/c1-8-10(3)26-16(20-11(4)22)13(8)17(24)25-9(2)15(23)21-12-6-5-7-19-14(12)18/h5-7,9H,1-4H3,(H,20,22)(H,21,23). The molecule has 0 aromatic carbocycles. The van der Waals surface area contributed by atoms with Gasteiger partial charge in [-0.25, -0.2) is 9.78 Å². The maximum Gasteiger partial charge on any atom is 0.342 e. The lowest BCUT2D eigenvalue weighted by Crippen LogP contribution is -2.30. The van der Waals surface area contributed by atoms with Crippen LogP contribution in [0.3, 0.4) is 0 Å². The molecule has 26 heavy (non-hydrogen) atoms. The Morgan fingerprint density at radius 1 is 1.27 bits per heavy atom. The summed E-state index contributed by atoms with van der Waals surface area (Å²) in [6.07, 6.45) is 0.427. The van der Waals surface area contributed by atoms with Crippen molar-refractivity contribution in [1.82, 2.24) is 4.98 Å². The second-order valence-corrected chi connectivity index (χ2v) is 7.13. The van der Waals surface area contributed by atoms with Crippen molar-refractivity contribution in [2.45, 2.75) is 33.8 Å². The maximum atomic E-state index is 12.5. The molecule has 0 aliphatic carbocycles. The number of nitrogens with one attached hydrogen (secondary N) is 2. The maximum absolute atomic E-state index is 12.5. The van der Waals surface area contributed by atoms with Crippen molar-refractivity contribution < 1.29 is 19.1 Å². The predicted octanol–water partition coefficient (Wildman–Crippen LogP) is 3.56. The first-order valence-corrected chi connectivity index (χ1v) is 8.90. The van der Waals surface area contributed by atoms with E-state index in [1.54, 1.807) is 19.1 Å². The minimum atomic E-state index is -1.07. The zero-order chi connectivity index (χ0) is 19.4. The Labute approximate surface area is 159 Å². The van der Waals surface area contributed by atoms with Gasteiger partial charge in [-0.15, -0.1) is 11.3 Å². The number of carbonyl (C=O) groups is 3. The van der Waals surface area contributed by atoms with Crippen LogP contribution in [0.25, 0.3) is 0 Å². The molecule has 2 heterocycles. The van der Waals surface area contributed by atoms with Gasteiger partial charge in [0.1, 0.15) is 5.00 Å². The van der Waals surface area contributed by atoms with Crippen molar-refractivity contribution in [3.63, 3.8) is 0 Å². The minimum Gasteiger partial charge on any atom is -0.449 e. The second kappa shape index (κ2) is 8.29. The topological polar surface area (TPSA) is 97.4 Å². The highest BCUT2D eigenvalue weighted by molar-refractivity contribution is 7.16. The van der Waals surface area contributed by atoms with E-state index in [2.05, 4.69) is 15.6 Å². The molecule has 0 aliphatic rings. The van der Waals surface area contributed by atoms with E-state index in [9.17, 15) is 14.4 Å². The van der Waals surface area contributed by atoms with Gasteiger partial charge in [0.25, 0.3) is 5.91 Å². The molecule has 0 aliphatic heterocycles. The molecule has 0 radical (unpaired) electrons. The summed E-state index contributed by atoms with van der Waals surface area (Å²) in [4.78, 5) is 40.8. The number of thiophene rings is 1. The van der Waals surface area contributed by atoms with E-state index < -0.39 is 18.0 Å². The van der Waals surface area contributed by atoms with Crippen LogP contribution in [0.5, 0.6) is 0 Å². The van der Waals surface area contributed by atoms with E-state index in [0.29, 0.717) is 16.3 Å². The number of aryl methyl sites for hydroxylation is 1. The van der Waals surface area contributed by atoms with Crippen LogP contribution in [0, 0.1) is 13.8 Å². The lowest BCUT2D eigenvalue weighted by atomic mass is 10.1. The van der Waals surface area contributed by atoms with Crippen LogP contribution in [0.2, 0.25) is 5.15 Å². The number of esters is 1. The average Bonchev–Trinajstić information content (AvgIpc) is 2.82. The summed E-state index contributed by atoms with van der Waals surface area (Å²) in [7, 11) is 0. The molecule has 0 saturated carbocycles. The molecule has 9 heteroatoms. The first-order chi connectivity index (χ1) is 12.2. The van der Waals surface area contributed by atoms with Gasteiger partial charge in [0.2, 0.25) is 5.91 Å². The van der Waals surface area contributed by atoms with Crippen molar-refractivity contribution >= 4 is 51.4 Å². The monoisotopic (exact) mass is 395 g/mol. The third kappa shape index (κ3) is 4.59. The zero-order valence-corrected chi connectivity index (χ0v) is 16.2. The first kappa shape index (κ1) is 19.9. The number of rotatable bonds is 5. The van der Waals surface area contributed by atoms with Gasteiger partial charge < -0.3 is 15.4 Å². The van der Waals surface area contributed by atoms with Gasteiger partial charge in [-0.1, -0.05) is 11.6 Å². The fourth-order valence-corrected chi connectivity index (χ4v) is 3.37. The van der Waals surface area contributed by atoms with Gasteiger partial charge in [-0.2, -0.15) is 0 Å². The lowest BCUT2D eigenvalue weighted by Gasteiger charge is -2.14. The van der Waals surface area contributed by atoms with Gasteiger partial charge in [0.05, 0.1) is 11.3 Å². The summed E-state index contributed by atoms with van der Waals surface area (Å²) >= 11 is 7.17. The lowest BCUT2D eigenvalue weighted by molar-refractivity contribution is -0.123. The van der Waals surface area contributed by atoms with Gasteiger partial charge in [-0.05, 0) is 38.5 Å². The fraction of sp³-hybridized carbons (Fsp3) is 0.294. The third-order valence-corrected chi connectivity index (χ3v) is 4.97. The Balaban J connectivity index is 2.13. The van der Waals surface area contributed by atoms with Crippen molar-refractivity contribution in [3.05, 3.63) is 39.5 Å². The molecule has 1 atom stereocenters. The molecule has 138 valence electrons. The molecule has 2 rings (SSSR count). The number of halogens is 1. The average molecular weight is 396 g/mol. The normalized spacial score (nSPS) is 11.6. The third-order valence-electron chi connectivity index (χ3n) is 3.55. The summed E-state index contributed by atoms with van der Waals surface area (Å²) in [5, 5.41) is 5.71. The molecule has 0 saturated heterocycles. The largest absolute Gasteiger partial charge is 0.449 e. The highest BCUT2D eigenvalue weighted by Gasteiger charge is 2.26. The summed E-state index contributed by atoms with van der Waals surface area (Å²) in [5.41, 5.74) is 1.27. The van der Waals surface area contributed by atoms with Crippen LogP contribution in [0.1, 0.15) is 34.6 Å². The molecular formula is C17H18ClN3O4S. The molecule has 2 N–H and O–H groups in total. The van der Waals surface area contributed by atoms with E-state index in [1.807, 2.05) is 6.92 Å². The predicted molar refractivity (Wildman–Crippen MR) is 101 cm³/mol. The minimum absolute atomic E-state index is 0.136. The number of anilines is 2. The van der Waals surface area contributed by atoms with Gasteiger partial charge in [0.15, 0.2) is 11.3 Å². The van der Waals surface area contributed by atoms with E-state index in [-0.39, 0.29) is 16.6 Å². The highest BCUT2D eigenvalue weighted by atomic mass is 35.5. The fourth-order valence-electron chi connectivity index (χ4n) is 2.11. The SMILES string of the molecule is CC(=O)Nc1sc(C)c(C)c1C(=O)OC(C)C(=O)Nc1cccnc1Cl. The highest BCUT2D eigenvalue weighted by Crippen LogP contribution is 2.33. The van der Waals surface area contributed by atoms with Gasteiger partial charge in [0, 0.05) is 18.0 Å². The first-order valence-electron chi connectivity index (χ1n) is 7.70. The summed E-state index contributed by atoms with van der Waals surface area (Å²) < 4.78 is 5.27. The Kier molecular flexibility index (Phi) is 6.33. The Morgan fingerprint density at radius 2 is 1.96 bits per heavy atom. The van der Waals surface area contributed by atoms with Crippen LogP contribution in [-0.4, -0.2) is 28.9 Å². The molecule has 2 amide bonds. The Hall–Kier alpha value is -2.45. The molecule has 0 spiro atoms. The van der Waals surface area contributed by atoms with E-state index in [4.69, 9.17) is 16.3 Å². The Bertz CT molecular complexity index is 866. The van der Waals surface area contributed by atoms with Crippen molar-refractivity contribution in [2.75, 3.05) is 10.6 Å². The summed E-state index contributed by atoms with van der Waals surface area (Å²) in [6, 6.07) is 3.21. The quantitative estimate of drug-likeness (QED) is 0.596. The van der Waals surface area contributed by atoms with Crippen LogP contribution >= 0.6 is 22.9 Å². The molecule has 1 unspecified atom stereocenters. The van der Waals surface area contributed by atoms with Crippen molar-refractivity contribution in [2.24, 2.45) is 0 Å². The summed E-state index contributed by atoms with van der Waals surface area (Å²) in [5.74, 6) is -1.52. The number of hydrogen-bond donors (Lipinski definition) is 2. The molecular weight excluding hydrogens is 378 g/mol. The Morgan fingerprint density at radius 3 is 2.58 bits per heavy atom. The number of nitrogens with zero attached hydrogens (tertiary/aromatic N) is 1. The molecule has 2 aromatic heterocycles. The van der Waals surface area contributed by atoms with Gasteiger partial charge in [-0.3, -0.25) is 9.59 Å². The number of pyridine rings is 1. The number of ether oxygens (including phenoxy) is 1. The molecule has 0 bridgehead atoms. The van der Waals surface area contributed by atoms with E-state index >= 15 is 0 Å². The van der Waals surface area contributed by atoms with Crippen LogP contribution < -0.4 is 10.6 Å². The van der Waals surface area contributed by atoms with Crippen molar-refractivity contribution in [1.29, 1.82) is 0 Å². The smallest absolute Gasteiger partial charge is 0.342 e. The number of carbonyl (C=O) groups excluding carboxylic acids is 3. The zero-order valence-electron chi connectivity index (χ0n) is 14.7. The second-order valence-electron chi connectivity index (χ2n) is 5.55. The van der Waals surface area contributed by atoms with Gasteiger partial charge >= 0.3 is 5.97 Å². The molecule has 2 aromatic rings. The van der Waals surface area contributed by atoms with E-state index in [0.717, 1.165) is 4.88 Å². The summed E-state index contributed by atoms with van der Waals surface area (Å²) in [6.45, 7) is 6.40. The number of amides is 2. The van der Waals surface area contributed by atoms with Crippen LogP contribution in [0.4, 0.5) is 10.7 Å².